The monoisotopic (exact) mass is 244 g/mol. The Labute approximate surface area is 84.2 Å². The molecule has 0 aliphatic rings. The Kier molecular flexibility index (Phi) is 3.69. The fourth-order valence-electron chi connectivity index (χ4n) is 0.863. The molecule has 12 heavy (non-hydrogen) atoms. The number of hydrogen-bond donors (Lipinski definition) is 0. The Bertz CT molecular complexity index is 301. The highest BCUT2D eigenvalue weighted by Gasteiger charge is 2.01. The smallest absolute Gasteiger partial charge is 0.160 e. The lowest BCUT2D eigenvalue weighted by atomic mass is 10.2. The summed E-state index contributed by atoms with van der Waals surface area (Å²) in [7, 11) is 0. The quantitative estimate of drug-likeness (QED) is 0.747. The van der Waals surface area contributed by atoms with E-state index in [9.17, 15) is 4.79 Å². The van der Waals surface area contributed by atoms with Gasteiger partial charge in [-0.25, -0.2) is 0 Å². The molecule has 0 aliphatic carbocycles. The molecule has 0 amide bonds. The van der Waals surface area contributed by atoms with Crippen molar-refractivity contribution in [2.75, 3.05) is 0 Å². The molecule has 0 aliphatic heterocycles. The summed E-state index contributed by atoms with van der Waals surface area (Å²) in [6.07, 6.45) is 3.89. The molecule has 1 rings (SSSR count). The summed E-state index contributed by atoms with van der Waals surface area (Å²) in [5.74, 6) is 0.159. The molecule has 1 aromatic heterocycles. The third-order valence-corrected chi connectivity index (χ3v) is 2.95. The van der Waals surface area contributed by atoms with Crippen molar-refractivity contribution in [2.24, 2.45) is 0 Å². The van der Waals surface area contributed by atoms with Gasteiger partial charge < -0.3 is 0 Å². The maximum Gasteiger partial charge on any atom is 0.160 e. The summed E-state index contributed by atoms with van der Waals surface area (Å²) < 4.78 is 1.07. The average molecular weight is 245 g/mol. The Hall–Kier alpha value is -0.410. The summed E-state index contributed by atoms with van der Waals surface area (Å²) >= 11 is 4.95. The van der Waals surface area contributed by atoms with Gasteiger partial charge in [-0.3, -0.25) is 4.79 Å². The topological polar surface area (TPSA) is 17.1 Å². The van der Waals surface area contributed by atoms with Crippen LogP contribution in [0.15, 0.2) is 28.1 Å². The second-order valence-electron chi connectivity index (χ2n) is 2.35. The van der Waals surface area contributed by atoms with Gasteiger partial charge in [-0.1, -0.05) is 6.08 Å². The molecule has 3 heteroatoms. The third-order valence-electron chi connectivity index (χ3n) is 1.33. The van der Waals surface area contributed by atoms with Crippen molar-refractivity contribution in [1.82, 2.24) is 0 Å². The van der Waals surface area contributed by atoms with Gasteiger partial charge in [-0.05, 0) is 41.1 Å². The van der Waals surface area contributed by atoms with Crippen LogP contribution in [-0.2, 0) is 11.2 Å². The molecular formula is C9H9BrOS. The first-order valence-corrected chi connectivity index (χ1v) is 5.23. The van der Waals surface area contributed by atoms with Crippen molar-refractivity contribution in [3.63, 3.8) is 0 Å². The highest BCUT2D eigenvalue weighted by molar-refractivity contribution is 9.11. The predicted octanol–water partition coefficient (Wildman–Crippen LogP) is 3.20. The molecule has 0 saturated carbocycles. The summed E-state index contributed by atoms with van der Waals surface area (Å²) in [4.78, 5) is 12.2. The zero-order valence-electron chi connectivity index (χ0n) is 6.71. The first kappa shape index (κ1) is 9.68. The number of thiophene rings is 1. The molecular weight excluding hydrogens is 236 g/mol. The normalized spacial score (nSPS) is 10.8. The number of carbonyl (C=O) groups excluding carboxylic acids is 1. The van der Waals surface area contributed by atoms with Gasteiger partial charge in [0.05, 0.1) is 3.79 Å². The van der Waals surface area contributed by atoms with Crippen molar-refractivity contribution in [3.05, 3.63) is 32.9 Å². The summed E-state index contributed by atoms with van der Waals surface area (Å²) in [6, 6.07) is 3.93. The molecule has 64 valence electrons. The van der Waals surface area contributed by atoms with Crippen molar-refractivity contribution >= 4 is 33.0 Å². The van der Waals surface area contributed by atoms with E-state index >= 15 is 0 Å². The van der Waals surface area contributed by atoms with Crippen LogP contribution in [0.25, 0.3) is 0 Å². The second-order valence-corrected chi connectivity index (χ2v) is 4.90. The van der Waals surface area contributed by atoms with E-state index in [1.165, 1.54) is 0 Å². The lowest BCUT2D eigenvalue weighted by Gasteiger charge is -1.89. The number of hydrogen-bond acceptors (Lipinski definition) is 2. The molecule has 0 spiro atoms. The number of halogens is 1. The third kappa shape index (κ3) is 2.91. The van der Waals surface area contributed by atoms with E-state index in [2.05, 4.69) is 15.9 Å². The van der Waals surface area contributed by atoms with Gasteiger partial charge in [0.15, 0.2) is 5.78 Å². The van der Waals surface area contributed by atoms with E-state index in [1.807, 2.05) is 19.1 Å². The number of rotatable bonds is 3. The average Bonchev–Trinajstić information content (AvgIpc) is 2.36. The Morgan fingerprint density at radius 1 is 1.67 bits per heavy atom. The van der Waals surface area contributed by atoms with Gasteiger partial charge in [0.25, 0.3) is 0 Å². The largest absolute Gasteiger partial charge is 0.294 e. The lowest BCUT2D eigenvalue weighted by molar-refractivity contribution is -0.113. The fourth-order valence-corrected chi connectivity index (χ4v) is 2.36. The predicted molar refractivity (Wildman–Crippen MR) is 55.5 cm³/mol. The van der Waals surface area contributed by atoms with Gasteiger partial charge in [0.2, 0.25) is 0 Å². The summed E-state index contributed by atoms with van der Waals surface area (Å²) in [6.45, 7) is 1.85. The van der Waals surface area contributed by atoms with Gasteiger partial charge in [-0.15, -0.1) is 11.3 Å². The van der Waals surface area contributed by atoms with Crippen LogP contribution in [0.4, 0.5) is 0 Å². The van der Waals surface area contributed by atoms with E-state index in [4.69, 9.17) is 0 Å². The van der Waals surface area contributed by atoms with Gasteiger partial charge in [0.1, 0.15) is 0 Å². The van der Waals surface area contributed by atoms with Crippen molar-refractivity contribution in [1.29, 1.82) is 0 Å². The van der Waals surface area contributed by atoms with E-state index in [1.54, 1.807) is 23.5 Å². The van der Waals surface area contributed by atoms with Crippen LogP contribution in [0.1, 0.15) is 11.8 Å². The van der Waals surface area contributed by atoms with Gasteiger partial charge in [0, 0.05) is 11.3 Å². The van der Waals surface area contributed by atoms with Gasteiger partial charge in [-0.2, -0.15) is 0 Å². The standard InChI is InChI=1S/C9H9BrOS/c1-2-3-7(11)6-8-4-5-9(10)12-8/h2-5H,6H2,1H3/b3-2+. The molecule has 0 saturated heterocycles. The second kappa shape index (κ2) is 4.58. The fraction of sp³-hybridized carbons (Fsp3) is 0.222. The molecule has 0 bridgehead atoms. The van der Waals surface area contributed by atoms with Gasteiger partial charge >= 0.3 is 0 Å². The Balaban J connectivity index is 2.58. The van der Waals surface area contributed by atoms with Crippen LogP contribution >= 0.6 is 27.3 Å². The molecule has 1 nitrogen and oxygen atoms in total. The first-order chi connectivity index (χ1) is 5.72. The Morgan fingerprint density at radius 2 is 2.42 bits per heavy atom. The molecule has 1 aromatic rings. The maximum absolute atomic E-state index is 11.1. The zero-order valence-corrected chi connectivity index (χ0v) is 9.11. The number of carbonyl (C=O) groups is 1. The minimum atomic E-state index is 0.159. The van der Waals surface area contributed by atoms with Crippen LogP contribution in [0.3, 0.4) is 0 Å². The molecule has 0 radical (unpaired) electrons. The van der Waals surface area contributed by atoms with E-state index in [0.717, 1.165) is 8.66 Å². The molecule has 0 atom stereocenters. The van der Waals surface area contributed by atoms with Crippen molar-refractivity contribution in [3.8, 4) is 0 Å². The lowest BCUT2D eigenvalue weighted by Crippen LogP contribution is -1.95. The highest BCUT2D eigenvalue weighted by Crippen LogP contribution is 2.22. The van der Waals surface area contributed by atoms with Crippen molar-refractivity contribution in [2.45, 2.75) is 13.3 Å². The zero-order chi connectivity index (χ0) is 8.97. The highest BCUT2D eigenvalue weighted by atomic mass is 79.9. The summed E-state index contributed by atoms with van der Waals surface area (Å²) in [5, 5.41) is 0. The summed E-state index contributed by atoms with van der Waals surface area (Å²) in [5.41, 5.74) is 0. The molecule has 0 N–H and O–H groups in total. The molecule has 0 unspecified atom stereocenters. The van der Waals surface area contributed by atoms with Crippen LogP contribution in [-0.4, -0.2) is 5.78 Å². The number of allylic oxidation sites excluding steroid dienone is 2. The minimum absolute atomic E-state index is 0.159. The SMILES string of the molecule is C/C=C/C(=O)Cc1ccc(Br)s1. The van der Waals surface area contributed by atoms with Crippen LogP contribution in [0.2, 0.25) is 0 Å². The Morgan fingerprint density at radius 3 is 2.92 bits per heavy atom. The van der Waals surface area contributed by atoms with E-state index in [0.29, 0.717) is 6.42 Å². The molecule has 0 aromatic carbocycles. The maximum atomic E-state index is 11.1. The van der Waals surface area contributed by atoms with E-state index < -0.39 is 0 Å². The van der Waals surface area contributed by atoms with Crippen LogP contribution in [0.5, 0.6) is 0 Å². The molecule has 0 fully saturated rings. The first-order valence-electron chi connectivity index (χ1n) is 3.62. The number of ketones is 1. The van der Waals surface area contributed by atoms with E-state index in [-0.39, 0.29) is 5.78 Å². The minimum Gasteiger partial charge on any atom is -0.294 e. The van der Waals surface area contributed by atoms with Crippen molar-refractivity contribution < 1.29 is 4.79 Å². The van der Waals surface area contributed by atoms with Crippen LogP contribution in [0, 0.1) is 0 Å². The molecule has 1 heterocycles. The van der Waals surface area contributed by atoms with Crippen LogP contribution < -0.4 is 0 Å².